The predicted octanol–water partition coefficient (Wildman–Crippen LogP) is 4.11. The second-order valence-corrected chi connectivity index (χ2v) is 6.57. The lowest BCUT2D eigenvalue weighted by atomic mass is 10.1. The third-order valence-electron chi connectivity index (χ3n) is 3.83. The molecule has 0 saturated carbocycles. The monoisotopic (exact) mass is 502 g/mol. The second-order valence-electron chi connectivity index (χ2n) is 6.57. The fourth-order valence-electron chi connectivity index (χ4n) is 2.11. The Morgan fingerprint density at radius 1 is 1.18 bits per heavy atom. The van der Waals surface area contributed by atoms with E-state index in [1.165, 1.54) is 12.1 Å². The van der Waals surface area contributed by atoms with Crippen LogP contribution in [0.25, 0.3) is 0 Å². The van der Waals surface area contributed by atoms with E-state index in [1.54, 1.807) is 25.4 Å². The van der Waals surface area contributed by atoms with Crippen LogP contribution in [-0.2, 0) is 11.3 Å². The average Bonchev–Trinajstić information content (AvgIpc) is 2.66. The minimum atomic E-state index is -0.307. The predicted molar refractivity (Wildman–Crippen MR) is 120 cm³/mol. The van der Waals surface area contributed by atoms with Gasteiger partial charge in [0.1, 0.15) is 11.6 Å². The zero-order chi connectivity index (χ0) is 19.7. The van der Waals surface area contributed by atoms with Crippen LogP contribution in [-0.4, -0.2) is 36.7 Å². The molecule has 0 aliphatic rings. The molecule has 0 atom stereocenters. The van der Waals surface area contributed by atoms with Gasteiger partial charge >= 0.3 is 0 Å². The number of methoxy groups -OCH3 is 1. The SMILES string of the molecule is CCNC(=NCc1ccnc(Oc2ccc(F)cc2)c1)NCC(C)(C)OC.I. The summed E-state index contributed by atoms with van der Waals surface area (Å²) in [5.74, 6) is 1.37. The first-order chi connectivity index (χ1) is 12.9. The molecule has 1 aromatic carbocycles. The van der Waals surface area contributed by atoms with Crippen molar-refractivity contribution in [2.75, 3.05) is 20.2 Å². The summed E-state index contributed by atoms with van der Waals surface area (Å²) in [6, 6.07) is 9.51. The van der Waals surface area contributed by atoms with E-state index in [0.29, 0.717) is 30.7 Å². The van der Waals surface area contributed by atoms with Crippen molar-refractivity contribution in [3.05, 3.63) is 54.0 Å². The zero-order valence-electron chi connectivity index (χ0n) is 16.7. The molecule has 0 bridgehead atoms. The molecule has 0 aliphatic heterocycles. The van der Waals surface area contributed by atoms with E-state index in [4.69, 9.17) is 9.47 Å². The van der Waals surface area contributed by atoms with Gasteiger partial charge < -0.3 is 20.1 Å². The molecule has 0 spiro atoms. The number of benzene rings is 1. The van der Waals surface area contributed by atoms with Crippen LogP contribution in [0.1, 0.15) is 26.3 Å². The fraction of sp³-hybridized carbons (Fsp3) is 0.400. The highest BCUT2D eigenvalue weighted by atomic mass is 127. The first-order valence-corrected chi connectivity index (χ1v) is 8.87. The van der Waals surface area contributed by atoms with Crippen LogP contribution >= 0.6 is 24.0 Å². The van der Waals surface area contributed by atoms with Crippen LogP contribution in [0.3, 0.4) is 0 Å². The van der Waals surface area contributed by atoms with Crippen molar-refractivity contribution >= 4 is 29.9 Å². The molecule has 0 saturated heterocycles. The van der Waals surface area contributed by atoms with Gasteiger partial charge in [-0.3, -0.25) is 0 Å². The quantitative estimate of drug-likeness (QED) is 0.323. The van der Waals surface area contributed by atoms with Crippen LogP contribution in [0.2, 0.25) is 0 Å². The Morgan fingerprint density at radius 3 is 2.54 bits per heavy atom. The van der Waals surface area contributed by atoms with Gasteiger partial charge in [0, 0.05) is 32.5 Å². The average molecular weight is 502 g/mol. The first-order valence-electron chi connectivity index (χ1n) is 8.87. The summed E-state index contributed by atoms with van der Waals surface area (Å²) >= 11 is 0. The minimum Gasteiger partial charge on any atom is -0.439 e. The van der Waals surface area contributed by atoms with E-state index >= 15 is 0 Å². The van der Waals surface area contributed by atoms with E-state index in [9.17, 15) is 4.39 Å². The molecular formula is C20H28FIN4O2. The number of pyridine rings is 1. The third-order valence-corrected chi connectivity index (χ3v) is 3.83. The molecule has 0 fully saturated rings. The number of halogens is 2. The molecule has 0 radical (unpaired) electrons. The van der Waals surface area contributed by atoms with Crippen LogP contribution in [0.5, 0.6) is 11.6 Å². The van der Waals surface area contributed by atoms with Gasteiger partial charge in [0.2, 0.25) is 5.88 Å². The molecule has 2 N–H and O–H groups in total. The Kier molecular flexibility index (Phi) is 10.2. The van der Waals surface area contributed by atoms with E-state index in [1.807, 2.05) is 32.9 Å². The van der Waals surface area contributed by atoms with E-state index in [2.05, 4.69) is 20.6 Å². The topological polar surface area (TPSA) is 67.8 Å². The van der Waals surface area contributed by atoms with Gasteiger partial charge in [-0.15, -0.1) is 24.0 Å². The molecule has 6 nitrogen and oxygen atoms in total. The Balaban J connectivity index is 0.00000392. The zero-order valence-corrected chi connectivity index (χ0v) is 19.0. The van der Waals surface area contributed by atoms with Crippen LogP contribution in [0, 0.1) is 5.82 Å². The van der Waals surface area contributed by atoms with Gasteiger partial charge in [-0.05, 0) is 56.7 Å². The molecule has 0 amide bonds. The third kappa shape index (κ3) is 8.39. The lowest BCUT2D eigenvalue weighted by molar-refractivity contribution is 0.0268. The van der Waals surface area contributed by atoms with Crippen molar-refractivity contribution < 1.29 is 13.9 Å². The van der Waals surface area contributed by atoms with E-state index in [0.717, 1.165) is 12.1 Å². The number of aliphatic imine (C=N–C) groups is 1. The molecule has 2 rings (SSSR count). The number of aromatic nitrogens is 1. The molecule has 2 aromatic rings. The summed E-state index contributed by atoms with van der Waals surface area (Å²) in [5, 5.41) is 6.48. The second kappa shape index (κ2) is 11.8. The fourth-order valence-corrected chi connectivity index (χ4v) is 2.11. The Morgan fingerprint density at radius 2 is 1.89 bits per heavy atom. The summed E-state index contributed by atoms with van der Waals surface area (Å²) in [5.41, 5.74) is 0.661. The van der Waals surface area contributed by atoms with Crippen LogP contribution in [0.4, 0.5) is 4.39 Å². The smallest absolute Gasteiger partial charge is 0.219 e. The number of hydrogen-bond donors (Lipinski definition) is 2. The largest absolute Gasteiger partial charge is 0.439 e. The summed E-state index contributed by atoms with van der Waals surface area (Å²) < 4.78 is 24.1. The number of rotatable bonds is 8. The summed E-state index contributed by atoms with van der Waals surface area (Å²) in [4.78, 5) is 8.77. The highest BCUT2D eigenvalue weighted by Gasteiger charge is 2.16. The molecule has 0 unspecified atom stereocenters. The maximum absolute atomic E-state index is 13.0. The Hall–Kier alpha value is -1.94. The van der Waals surface area contributed by atoms with Crippen molar-refractivity contribution in [3.63, 3.8) is 0 Å². The van der Waals surface area contributed by atoms with Gasteiger partial charge in [0.25, 0.3) is 0 Å². The summed E-state index contributed by atoms with van der Waals surface area (Å²) in [6.07, 6.45) is 1.66. The first kappa shape index (κ1) is 24.1. The molecule has 8 heteroatoms. The van der Waals surface area contributed by atoms with Gasteiger partial charge in [0.15, 0.2) is 5.96 Å². The summed E-state index contributed by atoms with van der Waals surface area (Å²) in [6.45, 7) is 7.88. The van der Waals surface area contributed by atoms with Crippen molar-refractivity contribution in [3.8, 4) is 11.6 Å². The molecule has 28 heavy (non-hydrogen) atoms. The molecule has 1 aromatic heterocycles. The van der Waals surface area contributed by atoms with Gasteiger partial charge in [0.05, 0.1) is 12.1 Å². The van der Waals surface area contributed by atoms with Gasteiger partial charge in [-0.25, -0.2) is 14.4 Å². The van der Waals surface area contributed by atoms with E-state index < -0.39 is 0 Å². The number of nitrogens with one attached hydrogen (secondary N) is 2. The highest BCUT2D eigenvalue weighted by molar-refractivity contribution is 14.0. The van der Waals surface area contributed by atoms with E-state index in [-0.39, 0.29) is 35.4 Å². The molecular weight excluding hydrogens is 474 g/mol. The minimum absolute atomic E-state index is 0. The van der Waals surface area contributed by atoms with Crippen molar-refractivity contribution in [2.24, 2.45) is 4.99 Å². The Labute approximate surface area is 183 Å². The number of guanidine groups is 1. The van der Waals surface area contributed by atoms with Crippen LogP contribution in [0.15, 0.2) is 47.6 Å². The van der Waals surface area contributed by atoms with Gasteiger partial charge in [-0.1, -0.05) is 0 Å². The maximum atomic E-state index is 13.0. The Bertz CT molecular complexity index is 754. The van der Waals surface area contributed by atoms with Gasteiger partial charge in [-0.2, -0.15) is 0 Å². The molecule has 1 heterocycles. The lowest BCUT2D eigenvalue weighted by Crippen LogP contribution is -2.45. The molecule has 0 aliphatic carbocycles. The van der Waals surface area contributed by atoms with Crippen molar-refractivity contribution in [1.82, 2.24) is 15.6 Å². The summed E-state index contributed by atoms with van der Waals surface area (Å²) in [7, 11) is 1.69. The highest BCUT2D eigenvalue weighted by Crippen LogP contribution is 2.20. The standard InChI is InChI=1S/C20H27FN4O2.HI/c1-5-22-19(25-14-20(2,3)26-4)24-13-15-10-11-23-18(12-15)27-17-8-6-16(21)7-9-17;/h6-12H,5,13-14H2,1-4H3,(H2,22,24,25);1H. The maximum Gasteiger partial charge on any atom is 0.219 e. The van der Waals surface area contributed by atoms with Crippen molar-refractivity contribution in [2.45, 2.75) is 32.9 Å². The number of nitrogens with zero attached hydrogens (tertiary/aromatic N) is 2. The lowest BCUT2D eigenvalue weighted by Gasteiger charge is -2.24. The number of ether oxygens (including phenoxy) is 2. The molecule has 154 valence electrons. The van der Waals surface area contributed by atoms with Crippen molar-refractivity contribution in [1.29, 1.82) is 0 Å². The number of hydrogen-bond acceptors (Lipinski definition) is 4. The normalized spacial score (nSPS) is 11.5. The van der Waals surface area contributed by atoms with Crippen LogP contribution < -0.4 is 15.4 Å².